The molecule has 174 valence electrons. The molecule has 0 aliphatic carbocycles. The number of rotatable bonds is 8. The Morgan fingerprint density at radius 1 is 0.824 bits per heavy atom. The number of hydrogen-bond donors (Lipinski definition) is 1. The fraction of sp³-hybridized carbons (Fsp3) is 0.185. The van der Waals surface area contributed by atoms with Crippen molar-refractivity contribution in [3.05, 3.63) is 83.6 Å². The highest BCUT2D eigenvalue weighted by molar-refractivity contribution is 6.46. The third-order valence-electron chi connectivity index (χ3n) is 5.43. The third-order valence-corrected chi connectivity index (χ3v) is 5.43. The summed E-state index contributed by atoms with van der Waals surface area (Å²) >= 11 is 0. The molecule has 1 heterocycles. The minimum absolute atomic E-state index is 0.172. The van der Waals surface area contributed by atoms with Gasteiger partial charge in [0.05, 0.1) is 32.1 Å². The van der Waals surface area contributed by atoms with Crippen LogP contribution in [-0.4, -0.2) is 32.6 Å². The van der Waals surface area contributed by atoms with Crippen LogP contribution in [-0.2, 0) is 9.59 Å². The number of nitrogens with zero attached hydrogens (tertiary/aromatic N) is 1. The zero-order valence-corrected chi connectivity index (χ0v) is 19.5. The number of hydrogen-bond acceptors (Lipinski definition) is 6. The van der Waals surface area contributed by atoms with Crippen molar-refractivity contribution >= 4 is 28.8 Å². The molecule has 0 radical (unpaired) electrons. The molecular weight excluding hydrogens is 432 g/mol. The first-order valence-electron chi connectivity index (χ1n) is 10.9. The van der Waals surface area contributed by atoms with Crippen molar-refractivity contribution in [3.63, 3.8) is 0 Å². The standard InChI is InChI=1S/C27H26N2O5/c1-5-34-21-8-6-7-20(15-21)29-26(30)24(18-11-9-17(2)10-12-18)25(27(29)31)28-19-13-22(32-3)16-23(14-19)33-4/h6-16,28H,5H2,1-4H3. The zero-order valence-electron chi connectivity index (χ0n) is 19.5. The molecule has 0 saturated carbocycles. The fourth-order valence-electron chi connectivity index (χ4n) is 3.77. The van der Waals surface area contributed by atoms with Crippen molar-refractivity contribution < 1.29 is 23.8 Å². The van der Waals surface area contributed by atoms with Crippen LogP contribution in [0.25, 0.3) is 5.57 Å². The molecule has 7 heteroatoms. The lowest BCUT2D eigenvalue weighted by Crippen LogP contribution is -2.32. The Morgan fingerprint density at radius 2 is 1.50 bits per heavy atom. The Balaban J connectivity index is 1.81. The van der Waals surface area contributed by atoms with Gasteiger partial charge in [0.2, 0.25) is 0 Å². The van der Waals surface area contributed by atoms with Crippen LogP contribution in [0.3, 0.4) is 0 Å². The highest BCUT2D eigenvalue weighted by Gasteiger charge is 2.40. The molecule has 0 fully saturated rings. The molecule has 0 saturated heterocycles. The summed E-state index contributed by atoms with van der Waals surface area (Å²) in [6.07, 6.45) is 0. The SMILES string of the molecule is CCOc1cccc(N2C(=O)C(Nc3cc(OC)cc(OC)c3)=C(c3ccc(C)cc3)C2=O)c1. The van der Waals surface area contributed by atoms with Gasteiger partial charge in [-0.3, -0.25) is 9.59 Å². The molecular formula is C27H26N2O5. The first kappa shape index (κ1) is 22.9. The van der Waals surface area contributed by atoms with Gasteiger partial charge in [-0.2, -0.15) is 0 Å². The number of anilines is 2. The summed E-state index contributed by atoms with van der Waals surface area (Å²) in [4.78, 5) is 28.4. The van der Waals surface area contributed by atoms with Gasteiger partial charge in [-0.1, -0.05) is 35.9 Å². The summed E-state index contributed by atoms with van der Waals surface area (Å²) < 4.78 is 16.3. The molecule has 0 unspecified atom stereocenters. The lowest BCUT2D eigenvalue weighted by Gasteiger charge is -2.17. The number of nitrogens with one attached hydrogen (secondary N) is 1. The molecule has 3 aromatic rings. The van der Waals surface area contributed by atoms with E-state index in [1.54, 1.807) is 56.7 Å². The van der Waals surface area contributed by atoms with Gasteiger partial charge in [0.25, 0.3) is 11.8 Å². The van der Waals surface area contributed by atoms with Crippen LogP contribution < -0.4 is 24.4 Å². The number of methoxy groups -OCH3 is 2. The average molecular weight is 459 g/mol. The molecule has 4 rings (SSSR count). The van der Waals surface area contributed by atoms with Crippen LogP contribution in [0.15, 0.2) is 72.4 Å². The Kier molecular flexibility index (Phi) is 6.54. The summed E-state index contributed by atoms with van der Waals surface area (Å²) in [7, 11) is 3.10. The second-order valence-corrected chi connectivity index (χ2v) is 7.72. The van der Waals surface area contributed by atoms with Crippen LogP contribution >= 0.6 is 0 Å². The molecule has 1 aliphatic rings. The summed E-state index contributed by atoms with van der Waals surface area (Å²) in [5, 5.41) is 3.15. The van der Waals surface area contributed by atoms with Gasteiger partial charge in [-0.05, 0) is 31.5 Å². The van der Waals surface area contributed by atoms with Gasteiger partial charge in [-0.25, -0.2) is 4.90 Å². The maximum absolute atomic E-state index is 13.6. The van der Waals surface area contributed by atoms with Crippen LogP contribution in [0.5, 0.6) is 17.2 Å². The molecule has 1 aliphatic heterocycles. The van der Waals surface area contributed by atoms with E-state index in [9.17, 15) is 9.59 Å². The van der Waals surface area contributed by atoms with E-state index in [0.717, 1.165) is 10.5 Å². The summed E-state index contributed by atoms with van der Waals surface area (Å²) in [5.74, 6) is 0.807. The first-order valence-corrected chi connectivity index (χ1v) is 10.9. The number of amides is 2. The van der Waals surface area contributed by atoms with Gasteiger partial charge in [-0.15, -0.1) is 0 Å². The fourth-order valence-corrected chi connectivity index (χ4v) is 3.77. The predicted octanol–water partition coefficient (Wildman–Crippen LogP) is 4.81. The van der Waals surface area contributed by atoms with E-state index >= 15 is 0 Å². The molecule has 7 nitrogen and oxygen atoms in total. The summed E-state index contributed by atoms with van der Waals surface area (Å²) in [6.45, 7) is 4.32. The summed E-state index contributed by atoms with van der Waals surface area (Å²) in [5.41, 5.74) is 3.14. The van der Waals surface area contributed by atoms with Gasteiger partial charge in [0, 0.05) is 30.0 Å². The van der Waals surface area contributed by atoms with Crippen molar-refractivity contribution in [1.82, 2.24) is 0 Å². The zero-order chi connectivity index (χ0) is 24.2. The highest BCUT2D eigenvalue weighted by Crippen LogP contribution is 2.36. The van der Waals surface area contributed by atoms with Crippen LogP contribution in [0.2, 0.25) is 0 Å². The molecule has 0 bridgehead atoms. The first-order chi connectivity index (χ1) is 16.4. The van der Waals surface area contributed by atoms with E-state index in [0.29, 0.717) is 40.8 Å². The van der Waals surface area contributed by atoms with E-state index in [2.05, 4.69) is 5.32 Å². The summed E-state index contributed by atoms with van der Waals surface area (Å²) in [6, 6.07) is 19.6. The van der Waals surface area contributed by atoms with Gasteiger partial charge < -0.3 is 19.5 Å². The van der Waals surface area contributed by atoms with Crippen LogP contribution in [0, 0.1) is 6.92 Å². The van der Waals surface area contributed by atoms with Crippen LogP contribution in [0.4, 0.5) is 11.4 Å². The van der Waals surface area contributed by atoms with Crippen molar-refractivity contribution in [2.24, 2.45) is 0 Å². The normalized spacial score (nSPS) is 13.4. The molecule has 0 aromatic heterocycles. The third kappa shape index (κ3) is 4.45. The Labute approximate surface area is 198 Å². The number of aryl methyl sites for hydroxylation is 1. The molecule has 1 N–H and O–H groups in total. The van der Waals surface area contributed by atoms with E-state index in [4.69, 9.17) is 14.2 Å². The Hall–Kier alpha value is -4.26. The number of ether oxygens (including phenoxy) is 3. The molecule has 3 aromatic carbocycles. The Bertz CT molecular complexity index is 1240. The number of carbonyl (C=O) groups is 2. The van der Waals surface area contributed by atoms with E-state index in [-0.39, 0.29) is 11.3 Å². The minimum Gasteiger partial charge on any atom is -0.497 e. The van der Waals surface area contributed by atoms with Crippen molar-refractivity contribution in [1.29, 1.82) is 0 Å². The largest absolute Gasteiger partial charge is 0.497 e. The lowest BCUT2D eigenvalue weighted by atomic mass is 10.0. The number of benzene rings is 3. The quantitative estimate of drug-likeness (QED) is 0.489. The second-order valence-electron chi connectivity index (χ2n) is 7.72. The van der Waals surface area contributed by atoms with Crippen LogP contribution in [0.1, 0.15) is 18.1 Å². The van der Waals surface area contributed by atoms with E-state index in [1.165, 1.54) is 0 Å². The van der Waals surface area contributed by atoms with Gasteiger partial charge in [0.15, 0.2) is 0 Å². The van der Waals surface area contributed by atoms with Crippen molar-refractivity contribution in [2.75, 3.05) is 31.0 Å². The van der Waals surface area contributed by atoms with Crippen molar-refractivity contribution in [3.8, 4) is 17.2 Å². The smallest absolute Gasteiger partial charge is 0.282 e. The topological polar surface area (TPSA) is 77.1 Å². The predicted molar refractivity (Wildman–Crippen MR) is 131 cm³/mol. The average Bonchev–Trinajstić information content (AvgIpc) is 3.08. The maximum atomic E-state index is 13.6. The molecule has 34 heavy (non-hydrogen) atoms. The maximum Gasteiger partial charge on any atom is 0.282 e. The monoisotopic (exact) mass is 458 g/mol. The molecule has 2 amide bonds. The second kappa shape index (κ2) is 9.70. The highest BCUT2D eigenvalue weighted by atomic mass is 16.5. The van der Waals surface area contributed by atoms with E-state index < -0.39 is 11.8 Å². The van der Waals surface area contributed by atoms with Gasteiger partial charge in [0.1, 0.15) is 22.9 Å². The van der Waals surface area contributed by atoms with Crippen molar-refractivity contribution in [2.45, 2.75) is 13.8 Å². The Morgan fingerprint density at radius 3 is 2.12 bits per heavy atom. The van der Waals surface area contributed by atoms with Gasteiger partial charge >= 0.3 is 0 Å². The molecule has 0 atom stereocenters. The minimum atomic E-state index is -0.462. The van der Waals surface area contributed by atoms with E-state index in [1.807, 2.05) is 38.1 Å². The number of imide groups is 1. The molecule has 0 spiro atoms. The number of carbonyl (C=O) groups excluding carboxylic acids is 2. The lowest BCUT2D eigenvalue weighted by molar-refractivity contribution is -0.120.